The highest BCUT2D eigenvalue weighted by atomic mass is 35.5. The minimum absolute atomic E-state index is 0.528. The third-order valence-electron chi connectivity index (χ3n) is 5.57. The van der Waals surface area contributed by atoms with Gasteiger partial charge in [-0.1, -0.05) is 35.3 Å². The molecule has 4 heterocycles. The van der Waals surface area contributed by atoms with Crippen LogP contribution >= 0.6 is 23.2 Å². The molecule has 4 aromatic rings. The van der Waals surface area contributed by atoms with Crippen molar-refractivity contribution in [1.82, 2.24) is 24.9 Å². The summed E-state index contributed by atoms with van der Waals surface area (Å²) in [6.45, 7) is 5.15. The van der Waals surface area contributed by atoms with Crippen LogP contribution < -0.4 is 9.80 Å². The Morgan fingerprint density at radius 1 is 0.758 bits per heavy atom. The van der Waals surface area contributed by atoms with E-state index >= 15 is 0 Å². The van der Waals surface area contributed by atoms with Crippen LogP contribution in [-0.4, -0.2) is 51.1 Å². The average molecular weight is 478 g/mol. The normalized spacial score (nSPS) is 13.9. The Morgan fingerprint density at radius 2 is 1.52 bits per heavy atom. The summed E-state index contributed by atoms with van der Waals surface area (Å²) in [5, 5.41) is 1.20. The average Bonchev–Trinajstić information content (AvgIpc) is 2.85. The molecule has 33 heavy (non-hydrogen) atoms. The molecule has 0 bridgehead atoms. The molecule has 1 fully saturated rings. The van der Waals surface area contributed by atoms with Gasteiger partial charge in [-0.15, -0.1) is 0 Å². The Kier molecular flexibility index (Phi) is 6.07. The predicted octanol–water partition coefficient (Wildman–Crippen LogP) is 4.94. The van der Waals surface area contributed by atoms with Gasteiger partial charge in [0.25, 0.3) is 0 Å². The molecule has 1 aliphatic heterocycles. The van der Waals surface area contributed by atoms with Crippen LogP contribution in [0.4, 0.5) is 11.8 Å². The van der Waals surface area contributed by atoms with E-state index in [1.807, 2.05) is 49.5 Å². The fourth-order valence-electron chi connectivity index (χ4n) is 3.83. The summed E-state index contributed by atoms with van der Waals surface area (Å²) in [7, 11) is 0. The van der Waals surface area contributed by atoms with Crippen LogP contribution in [0, 0.1) is 6.92 Å². The Hall–Kier alpha value is -3.29. The maximum absolute atomic E-state index is 6.50. The standard InChI is InChI=1S/C24H21Cl2N7/c1-16-6-9-28-24(30-16)33-12-10-32(11-13-33)21-15-29-22(17-2-4-18(25)5-3-17)23(31-21)19-7-8-27-14-20(19)26/h2-9,14-15H,10-13H2,1H3. The van der Waals surface area contributed by atoms with E-state index in [0.717, 1.165) is 60.5 Å². The van der Waals surface area contributed by atoms with Gasteiger partial charge in [0, 0.05) is 66.6 Å². The molecule has 0 unspecified atom stereocenters. The minimum atomic E-state index is 0.528. The Bertz CT molecular complexity index is 1270. The second-order valence-corrected chi connectivity index (χ2v) is 8.60. The molecular formula is C24H21Cl2N7. The molecule has 166 valence electrons. The molecule has 3 aromatic heterocycles. The lowest BCUT2D eigenvalue weighted by molar-refractivity contribution is 0.633. The second kappa shape index (κ2) is 9.29. The van der Waals surface area contributed by atoms with Gasteiger partial charge in [0.05, 0.1) is 16.9 Å². The van der Waals surface area contributed by atoms with Crippen LogP contribution in [0.2, 0.25) is 10.0 Å². The van der Waals surface area contributed by atoms with Crippen LogP contribution in [0.3, 0.4) is 0 Å². The molecule has 1 aromatic carbocycles. The molecule has 0 atom stereocenters. The highest BCUT2D eigenvalue weighted by Gasteiger charge is 2.22. The van der Waals surface area contributed by atoms with Crippen molar-refractivity contribution in [2.75, 3.05) is 36.0 Å². The quantitative estimate of drug-likeness (QED) is 0.412. The van der Waals surface area contributed by atoms with E-state index in [-0.39, 0.29) is 0 Å². The van der Waals surface area contributed by atoms with Gasteiger partial charge >= 0.3 is 0 Å². The second-order valence-electron chi connectivity index (χ2n) is 7.76. The van der Waals surface area contributed by atoms with Gasteiger partial charge in [-0.3, -0.25) is 9.97 Å². The van der Waals surface area contributed by atoms with E-state index in [4.69, 9.17) is 33.2 Å². The van der Waals surface area contributed by atoms with E-state index in [1.54, 1.807) is 18.6 Å². The van der Waals surface area contributed by atoms with Gasteiger partial charge in [0.15, 0.2) is 0 Å². The molecule has 0 saturated carbocycles. The largest absolute Gasteiger partial charge is 0.352 e. The van der Waals surface area contributed by atoms with Crippen molar-refractivity contribution >= 4 is 35.0 Å². The van der Waals surface area contributed by atoms with Gasteiger partial charge in [-0.2, -0.15) is 0 Å². The number of rotatable bonds is 4. The van der Waals surface area contributed by atoms with E-state index in [0.29, 0.717) is 15.7 Å². The first-order chi connectivity index (χ1) is 16.1. The number of hydrogen-bond donors (Lipinski definition) is 0. The van der Waals surface area contributed by atoms with Crippen LogP contribution in [0.25, 0.3) is 22.5 Å². The summed E-state index contributed by atoms with van der Waals surface area (Å²) >= 11 is 12.6. The fourth-order valence-corrected chi connectivity index (χ4v) is 4.16. The number of nitrogens with zero attached hydrogens (tertiary/aromatic N) is 7. The summed E-state index contributed by atoms with van der Waals surface area (Å²) in [5.74, 6) is 1.57. The lowest BCUT2D eigenvalue weighted by atomic mass is 10.0. The number of hydrogen-bond acceptors (Lipinski definition) is 7. The Balaban J connectivity index is 1.46. The minimum Gasteiger partial charge on any atom is -0.352 e. The van der Waals surface area contributed by atoms with Crippen molar-refractivity contribution in [2.24, 2.45) is 0 Å². The third kappa shape index (κ3) is 4.60. The van der Waals surface area contributed by atoms with Gasteiger partial charge < -0.3 is 9.80 Å². The molecule has 5 rings (SSSR count). The monoisotopic (exact) mass is 477 g/mol. The first-order valence-electron chi connectivity index (χ1n) is 10.6. The maximum atomic E-state index is 6.50. The van der Waals surface area contributed by atoms with Crippen molar-refractivity contribution in [1.29, 1.82) is 0 Å². The van der Waals surface area contributed by atoms with Gasteiger partial charge in [-0.25, -0.2) is 15.0 Å². The zero-order chi connectivity index (χ0) is 22.8. The number of halogens is 2. The highest BCUT2D eigenvalue weighted by Crippen LogP contribution is 2.34. The topological polar surface area (TPSA) is 70.9 Å². The zero-order valence-electron chi connectivity index (χ0n) is 18.0. The summed E-state index contributed by atoms with van der Waals surface area (Å²) < 4.78 is 0. The number of benzene rings is 1. The van der Waals surface area contributed by atoms with Crippen molar-refractivity contribution in [2.45, 2.75) is 6.92 Å². The number of anilines is 2. The summed E-state index contributed by atoms with van der Waals surface area (Å²) in [6.07, 6.45) is 6.95. The van der Waals surface area contributed by atoms with Crippen LogP contribution in [0.5, 0.6) is 0 Å². The van der Waals surface area contributed by atoms with E-state index in [1.165, 1.54) is 0 Å². The van der Waals surface area contributed by atoms with Crippen LogP contribution in [-0.2, 0) is 0 Å². The fraction of sp³-hybridized carbons (Fsp3) is 0.208. The van der Waals surface area contributed by atoms with Crippen molar-refractivity contribution < 1.29 is 0 Å². The highest BCUT2D eigenvalue weighted by molar-refractivity contribution is 6.33. The van der Waals surface area contributed by atoms with Crippen LogP contribution in [0.1, 0.15) is 5.69 Å². The molecule has 0 spiro atoms. The summed E-state index contributed by atoms with van der Waals surface area (Å²) in [6, 6.07) is 11.3. The van der Waals surface area contributed by atoms with Crippen molar-refractivity contribution in [3.05, 3.63) is 76.9 Å². The maximum Gasteiger partial charge on any atom is 0.225 e. The van der Waals surface area contributed by atoms with Gasteiger partial charge in [0.2, 0.25) is 5.95 Å². The molecule has 9 heteroatoms. The number of piperazine rings is 1. The number of aryl methyl sites for hydroxylation is 1. The summed E-state index contributed by atoms with van der Waals surface area (Å²) in [5.41, 5.74) is 4.13. The molecule has 0 radical (unpaired) electrons. The number of aromatic nitrogens is 5. The van der Waals surface area contributed by atoms with Crippen molar-refractivity contribution in [3.63, 3.8) is 0 Å². The lowest BCUT2D eigenvalue weighted by Crippen LogP contribution is -2.47. The van der Waals surface area contributed by atoms with Gasteiger partial charge in [0.1, 0.15) is 11.5 Å². The number of pyridine rings is 1. The zero-order valence-corrected chi connectivity index (χ0v) is 19.5. The van der Waals surface area contributed by atoms with E-state index < -0.39 is 0 Å². The molecule has 1 saturated heterocycles. The van der Waals surface area contributed by atoms with Crippen LogP contribution in [0.15, 0.2) is 61.2 Å². The molecule has 0 amide bonds. The Morgan fingerprint density at radius 3 is 2.24 bits per heavy atom. The smallest absolute Gasteiger partial charge is 0.225 e. The summed E-state index contributed by atoms with van der Waals surface area (Å²) in [4.78, 5) is 27.3. The van der Waals surface area contributed by atoms with E-state index in [9.17, 15) is 0 Å². The lowest BCUT2D eigenvalue weighted by Gasteiger charge is -2.35. The molecule has 7 nitrogen and oxygen atoms in total. The third-order valence-corrected chi connectivity index (χ3v) is 6.13. The predicted molar refractivity (Wildman–Crippen MR) is 132 cm³/mol. The SMILES string of the molecule is Cc1ccnc(N2CCN(c3cnc(-c4ccc(Cl)cc4)c(-c4ccncc4Cl)n3)CC2)n1. The first-order valence-corrected chi connectivity index (χ1v) is 11.4. The molecule has 1 aliphatic rings. The molecule has 0 aliphatic carbocycles. The first kappa shape index (κ1) is 21.6. The Labute approximate surface area is 202 Å². The van der Waals surface area contributed by atoms with Crippen molar-refractivity contribution in [3.8, 4) is 22.5 Å². The molecule has 0 N–H and O–H groups in total. The molecular weight excluding hydrogens is 457 g/mol. The van der Waals surface area contributed by atoms with Gasteiger partial charge in [-0.05, 0) is 31.2 Å². The van der Waals surface area contributed by atoms with E-state index in [2.05, 4.69) is 24.8 Å².